The zero-order valence-corrected chi connectivity index (χ0v) is 13.8. The number of carbonyl (C=O) groups is 1. The molecule has 2 aliphatic rings. The Morgan fingerprint density at radius 2 is 2.08 bits per heavy atom. The molecule has 2 saturated heterocycles. The van der Waals surface area contributed by atoms with Crippen LogP contribution in [0.5, 0.6) is 5.75 Å². The zero-order valence-electron chi connectivity index (χ0n) is 13.8. The standard InChI is InChI=1S/C18H24F2N2O2/c19-18(20)24-16-7-3-5-14(11-16)12-21-9-2-1-6-15(21)13-22-10-4-8-17(22)23/h3,5,7,11,15,18H,1-2,4,6,8-10,12-13H2. The van der Waals surface area contributed by atoms with E-state index in [1.54, 1.807) is 18.2 Å². The van der Waals surface area contributed by atoms with Gasteiger partial charge < -0.3 is 9.64 Å². The van der Waals surface area contributed by atoms with E-state index >= 15 is 0 Å². The number of likely N-dealkylation sites (tertiary alicyclic amines) is 2. The normalized spacial score (nSPS) is 22.4. The Morgan fingerprint density at radius 1 is 1.21 bits per heavy atom. The molecular weight excluding hydrogens is 314 g/mol. The summed E-state index contributed by atoms with van der Waals surface area (Å²) in [5.74, 6) is 0.457. The van der Waals surface area contributed by atoms with Crippen LogP contribution in [-0.4, -0.2) is 48.0 Å². The van der Waals surface area contributed by atoms with Crippen molar-refractivity contribution in [3.05, 3.63) is 29.8 Å². The van der Waals surface area contributed by atoms with Crippen LogP contribution in [-0.2, 0) is 11.3 Å². The summed E-state index contributed by atoms with van der Waals surface area (Å²) in [5.41, 5.74) is 0.966. The largest absolute Gasteiger partial charge is 0.435 e. The lowest BCUT2D eigenvalue weighted by Gasteiger charge is -2.38. The summed E-state index contributed by atoms with van der Waals surface area (Å²) in [7, 11) is 0. The van der Waals surface area contributed by atoms with E-state index in [9.17, 15) is 13.6 Å². The van der Waals surface area contributed by atoms with E-state index < -0.39 is 6.61 Å². The number of piperidine rings is 1. The minimum Gasteiger partial charge on any atom is -0.435 e. The average molecular weight is 338 g/mol. The molecule has 1 amide bonds. The minimum atomic E-state index is -2.80. The first-order valence-electron chi connectivity index (χ1n) is 8.67. The van der Waals surface area contributed by atoms with E-state index in [0.717, 1.165) is 44.5 Å². The van der Waals surface area contributed by atoms with Crippen LogP contribution in [0.4, 0.5) is 8.78 Å². The molecule has 2 heterocycles. The van der Waals surface area contributed by atoms with Gasteiger partial charge in [0.1, 0.15) is 5.75 Å². The molecule has 1 aromatic rings. The number of halogens is 2. The van der Waals surface area contributed by atoms with Crippen molar-refractivity contribution in [3.63, 3.8) is 0 Å². The van der Waals surface area contributed by atoms with Crippen molar-refractivity contribution in [1.29, 1.82) is 0 Å². The van der Waals surface area contributed by atoms with Crippen LogP contribution >= 0.6 is 0 Å². The number of hydrogen-bond acceptors (Lipinski definition) is 3. The molecule has 1 unspecified atom stereocenters. The van der Waals surface area contributed by atoms with Gasteiger partial charge in [-0.3, -0.25) is 9.69 Å². The molecule has 0 saturated carbocycles. The highest BCUT2D eigenvalue weighted by atomic mass is 19.3. The van der Waals surface area contributed by atoms with Crippen molar-refractivity contribution < 1.29 is 18.3 Å². The summed E-state index contributed by atoms with van der Waals surface area (Å²) in [6.45, 7) is 0.524. The van der Waals surface area contributed by atoms with Crippen LogP contribution in [0.25, 0.3) is 0 Å². The monoisotopic (exact) mass is 338 g/mol. The van der Waals surface area contributed by atoms with Gasteiger partial charge in [-0.25, -0.2) is 0 Å². The van der Waals surface area contributed by atoms with Gasteiger partial charge in [0, 0.05) is 32.1 Å². The van der Waals surface area contributed by atoms with E-state index in [0.29, 0.717) is 19.0 Å². The molecule has 0 aliphatic carbocycles. The van der Waals surface area contributed by atoms with Crippen molar-refractivity contribution in [1.82, 2.24) is 9.80 Å². The second-order valence-corrected chi connectivity index (χ2v) is 6.59. The Morgan fingerprint density at radius 3 is 2.83 bits per heavy atom. The molecule has 3 rings (SSSR count). The van der Waals surface area contributed by atoms with Gasteiger partial charge in [-0.15, -0.1) is 0 Å². The van der Waals surface area contributed by atoms with Gasteiger partial charge in [0.2, 0.25) is 5.91 Å². The van der Waals surface area contributed by atoms with Crippen LogP contribution in [0.3, 0.4) is 0 Å². The van der Waals surface area contributed by atoms with Crippen LogP contribution in [0, 0.1) is 0 Å². The number of carbonyl (C=O) groups excluding carboxylic acids is 1. The molecule has 4 nitrogen and oxygen atoms in total. The van der Waals surface area contributed by atoms with Gasteiger partial charge in [-0.1, -0.05) is 18.6 Å². The lowest BCUT2D eigenvalue weighted by Crippen LogP contribution is -2.46. The van der Waals surface area contributed by atoms with Crippen molar-refractivity contribution in [3.8, 4) is 5.75 Å². The Labute approximate surface area is 141 Å². The molecule has 0 N–H and O–H groups in total. The predicted octanol–water partition coefficient (Wildman–Crippen LogP) is 3.26. The number of benzene rings is 1. The SMILES string of the molecule is O=C1CCCN1CC1CCCCN1Cc1cccc(OC(F)F)c1. The molecule has 0 radical (unpaired) electrons. The first-order chi connectivity index (χ1) is 11.6. The Kier molecular flexibility index (Phi) is 5.66. The molecule has 1 atom stereocenters. The Bertz CT molecular complexity index is 568. The second-order valence-electron chi connectivity index (χ2n) is 6.59. The lowest BCUT2D eigenvalue weighted by molar-refractivity contribution is -0.128. The third-order valence-electron chi connectivity index (χ3n) is 4.86. The topological polar surface area (TPSA) is 32.8 Å². The van der Waals surface area contributed by atoms with Gasteiger partial charge in [0.25, 0.3) is 0 Å². The Hall–Kier alpha value is -1.69. The number of alkyl halides is 2. The first-order valence-corrected chi connectivity index (χ1v) is 8.67. The Balaban J connectivity index is 1.64. The molecular formula is C18H24F2N2O2. The van der Waals surface area contributed by atoms with Crippen molar-refractivity contribution in [2.75, 3.05) is 19.6 Å². The fraction of sp³-hybridized carbons (Fsp3) is 0.611. The van der Waals surface area contributed by atoms with E-state index in [1.165, 1.54) is 6.42 Å². The third kappa shape index (κ3) is 4.44. The first kappa shape index (κ1) is 17.1. The van der Waals surface area contributed by atoms with E-state index in [-0.39, 0.29) is 11.7 Å². The summed E-state index contributed by atoms with van der Waals surface area (Å²) >= 11 is 0. The molecule has 0 aromatic heterocycles. The highest BCUT2D eigenvalue weighted by Gasteiger charge is 2.28. The molecule has 2 fully saturated rings. The lowest BCUT2D eigenvalue weighted by atomic mass is 10.0. The molecule has 0 spiro atoms. The van der Waals surface area contributed by atoms with Gasteiger partial charge in [-0.2, -0.15) is 8.78 Å². The summed E-state index contributed by atoms with van der Waals surface area (Å²) in [6, 6.07) is 7.26. The van der Waals surface area contributed by atoms with Crippen molar-refractivity contribution in [2.24, 2.45) is 0 Å². The van der Waals surface area contributed by atoms with Crippen molar-refractivity contribution >= 4 is 5.91 Å². The third-order valence-corrected chi connectivity index (χ3v) is 4.86. The van der Waals surface area contributed by atoms with Crippen molar-refractivity contribution in [2.45, 2.75) is 51.3 Å². The number of amides is 1. The van der Waals surface area contributed by atoms with Crippen LogP contribution < -0.4 is 4.74 Å². The van der Waals surface area contributed by atoms with Crippen LogP contribution in [0.15, 0.2) is 24.3 Å². The van der Waals surface area contributed by atoms with Gasteiger partial charge >= 0.3 is 6.61 Å². The summed E-state index contributed by atoms with van der Waals surface area (Å²) in [6.07, 6.45) is 5.02. The number of ether oxygens (including phenoxy) is 1. The summed E-state index contributed by atoms with van der Waals surface area (Å²) in [5, 5.41) is 0. The van der Waals surface area contributed by atoms with Gasteiger partial charge in [-0.05, 0) is 43.5 Å². The maximum absolute atomic E-state index is 12.4. The number of nitrogens with zero attached hydrogens (tertiary/aromatic N) is 2. The van der Waals surface area contributed by atoms with Crippen LogP contribution in [0.1, 0.15) is 37.7 Å². The molecule has 0 bridgehead atoms. The minimum absolute atomic E-state index is 0.200. The maximum Gasteiger partial charge on any atom is 0.387 e. The highest BCUT2D eigenvalue weighted by molar-refractivity contribution is 5.78. The quantitative estimate of drug-likeness (QED) is 0.798. The second kappa shape index (κ2) is 7.92. The number of hydrogen-bond donors (Lipinski definition) is 0. The van der Waals surface area contributed by atoms with E-state index in [2.05, 4.69) is 9.64 Å². The fourth-order valence-corrected chi connectivity index (χ4v) is 3.68. The fourth-order valence-electron chi connectivity index (χ4n) is 3.68. The van der Waals surface area contributed by atoms with Crippen LogP contribution in [0.2, 0.25) is 0 Å². The highest BCUT2D eigenvalue weighted by Crippen LogP contribution is 2.24. The predicted molar refractivity (Wildman–Crippen MR) is 86.9 cm³/mol. The molecule has 132 valence electrons. The van der Waals surface area contributed by atoms with E-state index in [4.69, 9.17) is 0 Å². The number of rotatable bonds is 6. The molecule has 1 aromatic carbocycles. The smallest absolute Gasteiger partial charge is 0.387 e. The molecule has 6 heteroatoms. The maximum atomic E-state index is 12.4. The molecule has 2 aliphatic heterocycles. The van der Waals surface area contributed by atoms with Gasteiger partial charge in [0.05, 0.1) is 0 Å². The van der Waals surface area contributed by atoms with Gasteiger partial charge in [0.15, 0.2) is 0 Å². The molecule has 24 heavy (non-hydrogen) atoms. The summed E-state index contributed by atoms with van der Waals surface area (Å²) < 4.78 is 29.2. The summed E-state index contributed by atoms with van der Waals surface area (Å²) in [4.78, 5) is 16.2. The van der Waals surface area contributed by atoms with E-state index in [1.807, 2.05) is 11.0 Å². The average Bonchev–Trinajstić information content (AvgIpc) is 2.94. The zero-order chi connectivity index (χ0) is 16.9.